The number of rotatable bonds is 7. The molecule has 0 atom stereocenters. The number of nitrogens with one attached hydrogen (secondary N) is 3. The molecule has 3 aromatic heterocycles. The Kier molecular flexibility index (Phi) is 6.78. The summed E-state index contributed by atoms with van der Waals surface area (Å²) in [7, 11) is 0. The summed E-state index contributed by atoms with van der Waals surface area (Å²) in [4.78, 5) is 16.9. The maximum Gasteiger partial charge on any atom is 0.435 e. The highest BCUT2D eigenvalue weighted by atomic mass is 19.4. The number of halogens is 3. The maximum atomic E-state index is 13.3. The standard InChI is InChI=1S/C23H23F3N8O2/c1-4-36-21-18(13-5-6-13)16(8-14(9-27)29-21)30-22(35)28-10-15-7-11(2)19(33-32-15)17-12(3)31-34-20(17)23(24,25)26/h7-8,13H,4-6,10H2,1-3H3,(H,31,34)(H2,28,29,30,35). The number of aromatic amines is 1. The molecule has 10 nitrogen and oxygen atoms in total. The van der Waals surface area contributed by atoms with Crippen LogP contribution in [0.15, 0.2) is 12.1 Å². The van der Waals surface area contributed by atoms with Gasteiger partial charge < -0.3 is 15.4 Å². The molecule has 1 fully saturated rings. The number of ether oxygens (including phenoxy) is 1. The van der Waals surface area contributed by atoms with Gasteiger partial charge in [-0.15, -0.1) is 5.10 Å². The molecule has 2 amide bonds. The Bertz CT molecular complexity index is 1340. The second-order valence-electron chi connectivity index (χ2n) is 8.34. The van der Waals surface area contributed by atoms with E-state index in [0.29, 0.717) is 29.4 Å². The summed E-state index contributed by atoms with van der Waals surface area (Å²) in [6.07, 6.45) is -2.79. The average Bonchev–Trinajstić information content (AvgIpc) is 3.57. The number of hydrogen-bond acceptors (Lipinski definition) is 7. The van der Waals surface area contributed by atoms with Crippen molar-refractivity contribution in [1.82, 2.24) is 30.7 Å². The van der Waals surface area contributed by atoms with Crippen LogP contribution in [0.1, 0.15) is 59.6 Å². The van der Waals surface area contributed by atoms with E-state index in [1.54, 1.807) is 13.0 Å². The number of aryl methyl sites for hydroxylation is 2. The number of aromatic nitrogens is 5. The van der Waals surface area contributed by atoms with Crippen molar-refractivity contribution in [3.05, 3.63) is 46.0 Å². The second kappa shape index (κ2) is 9.80. The van der Waals surface area contributed by atoms with E-state index in [9.17, 15) is 23.2 Å². The molecule has 0 unspecified atom stereocenters. The molecular formula is C23H23F3N8O2. The first-order valence-electron chi connectivity index (χ1n) is 11.2. The smallest absolute Gasteiger partial charge is 0.435 e. The highest BCUT2D eigenvalue weighted by Crippen LogP contribution is 2.47. The number of carbonyl (C=O) groups is 1. The van der Waals surface area contributed by atoms with Crippen molar-refractivity contribution in [2.45, 2.75) is 52.3 Å². The number of H-pyrrole nitrogens is 1. The van der Waals surface area contributed by atoms with Crippen LogP contribution in [0.4, 0.5) is 23.7 Å². The van der Waals surface area contributed by atoms with Crippen molar-refractivity contribution in [2.75, 3.05) is 11.9 Å². The van der Waals surface area contributed by atoms with Gasteiger partial charge in [-0.1, -0.05) is 0 Å². The Labute approximate surface area is 204 Å². The molecule has 13 heteroatoms. The normalized spacial score (nSPS) is 13.2. The van der Waals surface area contributed by atoms with Crippen LogP contribution in [0.5, 0.6) is 5.88 Å². The van der Waals surface area contributed by atoms with Crippen LogP contribution in [-0.2, 0) is 12.7 Å². The van der Waals surface area contributed by atoms with Crippen molar-refractivity contribution in [3.8, 4) is 23.2 Å². The van der Waals surface area contributed by atoms with E-state index in [0.717, 1.165) is 18.4 Å². The molecule has 0 aromatic carbocycles. The van der Waals surface area contributed by atoms with Gasteiger partial charge in [0.2, 0.25) is 5.88 Å². The van der Waals surface area contributed by atoms with Crippen LogP contribution in [0.25, 0.3) is 11.3 Å². The lowest BCUT2D eigenvalue weighted by Crippen LogP contribution is -2.29. The van der Waals surface area contributed by atoms with Crippen molar-refractivity contribution in [2.24, 2.45) is 0 Å². The minimum Gasteiger partial charge on any atom is -0.478 e. The first-order chi connectivity index (χ1) is 17.1. The highest BCUT2D eigenvalue weighted by molar-refractivity contribution is 5.91. The molecular weight excluding hydrogens is 477 g/mol. The number of pyridine rings is 1. The molecule has 0 saturated heterocycles. The molecule has 36 heavy (non-hydrogen) atoms. The molecule has 1 aliphatic carbocycles. The summed E-state index contributed by atoms with van der Waals surface area (Å²) in [5.74, 6) is 0.523. The molecule has 3 N–H and O–H groups in total. The first-order valence-corrected chi connectivity index (χ1v) is 11.2. The van der Waals surface area contributed by atoms with E-state index in [4.69, 9.17) is 4.74 Å². The Morgan fingerprint density at radius 1 is 1.28 bits per heavy atom. The molecule has 0 bridgehead atoms. The maximum absolute atomic E-state index is 13.3. The molecule has 1 saturated carbocycles. The number of alkyl halides is 3. The minimum absolute atomic E-state index is 0.0241. The lowest BCUT2D eigenvalue weighted by Gasteiger charge is -2.15. The van der Waals surface area contributed by atoms with Gasteiger partial charge >= 0.3 is 12.2 Å². The summed E-state index contributed by atoms with van der Waals surface area (Å²) < 4.78 is 45.6. The van der Waals surface area contributed by atoms with Gasteiger partial charge in [-0.2, -0.15) is 28.6 Å². The lowest BCUT2D eigenvalue weighted by molar-refractivity contribution is -0.140. The fourth-order valence-electron chi connectivity index (χ4n) is 3.84. The lowest BCUT2D eigenvalue weighted by atomic mass is 10.0. The van der Waals surface area contributed by atoms with Crippen molar-refractivity contribution >= 4 is 11.7 Å². The summed E-state index contributed by atoms with van der Waals surface area (Å²) in [5, 5.41) is 28.4. The number of urea groups is 1. The summed E-state index contributed by atoms with van der Waals surface area (Å²) >= 11 is 0. The Hall–Kier alpha value is -4.21. The number of amides is 2. The van der Waals surface area contributed by atoms with Gasteiger partial charge in [0.15, 0.2) is 5.69 Å². The zero-order valence-corrected chi connectivity index (χ0v) is 19.7. The third kappa shape index (κ3) is 5.22. The van der Waals surface area contributed by atoms with E-state index in [2.05, 4.69) is 36.0 Å². The van der Waals surface area contributed by atoms with Crippen LogP contribution in [0, 0.1) is 25.2 Å². The van der Waals surface area contributed by atoms with E-state index < -0.39 is 17.9 Å². The Morgan fingerprint density at radius 3 is 2.64 bits per heavy atom. The number of carbonyl (C=O) groups excluding carboxylic acids is 1. The fourth-order valence-corrected chi connectivity index (χ4v) is 3.84. The quantitative estimate of drug-likeness (QED) is 0.437. The summed E-state index contributed by atoms with van der Waals surface area (Å²) in [6, 6.07) is 4.47. The van der Waals surface area contributed by atoms with Crippen LogP contribution in [0.3, 0.4) is 0 Å². The predicted octanol–water partition coefficient (Wildman–Crippen LogP) is 4.37. The minimum atomic E-state index is -4.65. The van der Waals surface area contributed by atoms with Crippen LogP contribution in [-0.4, -0.2) is 38.0 Å². The number of nitrogens with zero attached hydrogens (tertiary/aromatic N) is 5. The van der Waals surface area contributed by atoms with Gasteiger partial charge in [0, 0.05) is 11.3 Å². The number of nitriles is 1. The zero-order valence-electron chi connectivity index (χ0n) is 19.7. The Morgan fingerprint density at radius 2 is 2.03 bits per heavy atom. The third-order valence-corrected chi connectivity index (χ3v) is 5.57. The van der Waals surface area contributed by atoms with E-state index in [-0.39, 0.29) is 35.1 Å². The first kappa shape index (κ1) is 24.9. The molecule has 3 heterocycles. The van der Waals surface area contributed by atoms with Gasteiger partial charge in [-0.25, -0.2) is 9.78 Å². The predicted molar refractivity (Wildman–Crippen MR) is 122 cm³/mol. The zero-order chi connectivity index (χ0) is 26.0. The SMILES string of the molecule is CCOc1nc(C#N)cc(NC(=O)NCc2cc(C)c(-c3c(C(F)(F)F)n[nH]c3C)nn2)c1C1CC1. The largest absolute Gasteiger partial charge is 0.478 e. The van der Waals surface area contributed by atoms with Crippen molar-refractivity contribution in [1.29, 1.82) is 5.26 Å². The second-order valence-corrected chi connectivity index (χ2v) is 8.34. The van der Waals surface area contributed by atoms with Crippen LogP contribution in [0.2, 0.25) is 0 Å². The molecule has 188 valence electrons. The van der Waals surface area contributed by atoms with E-state index in [1.165, 1.54) is 13.0 Å². The highest BCUT2D eigenvalue weighted by Gasteiger charge is 2.38. The Balaban J connectivity index is 1.50. The fraction of sp³-hybridized carbons (Fsp3) is 0.391. The van der Waals surface area contributed by atoms with Crippen molar-refractivity contribution in [3.63, 3.8) is 0 Å². The summed E-state index contributed by atoms with van der Waals surface area (Å²) in [5.41, 5.74) is 1.16. The van der Waals surface area contributed by atoms with Crippen molar-refractivity contribution < 1.29 is 22.7 Å². The van der Waals surface area contributed by atoms with Gasteiger partial charge in [-0.3, -0.25) is 5.10 Å². The molecule has 0 spiro atoms. The molecule has 0 aliphatic heterocycles. The molecule has 4 rings (SSSR count). The van der Waals surface area contributed by atoms with E-state index in [1.807, 2.05) is 13.0 Å². The van der Waals surface area contributed by atoms with Crippen LogP contribution >= 0.6 is 0 Å². The molecule has 0 radical (unpaired) electrons. The summed E-state index contributed by atoms with van der Waals surface area (Å²) in [6.45, 7) is 5.23. The van der Waals surface area contributed by atoms with Gasteiger partial charge in [0.05, 0.1) is 35.8 Å². The topological polar surface area (TPSA) is 142 Å². The average molecular weight is 500 g/mol. The van der Waals surface area contributed by atoms with Gasteiger partial charge in [0.1, 0.15) is 11.8 Å². The van der Waals surface area contributed by atoms with Gasteiger partial charge in [0.25, 0.3) is 0 Å². The van der Waals surface area contributed by atoms with E-state index >= 15 is 0 Å². The third-order valence-electron chi connectivity index (χ3n) is 5.57. The van der Waals surface area contributed by atoms with Crippen LogP contribution < -0.4 is 15.4 Å². The van der Waals surface area contributed by atoms with Gasteiger partial charge in [-0.05, 0) is 57.2 Å². The number of hydrogen-bond donors (Lipinski definition) is 3. The monoisotopic (exact) mass is 500 g/mol. The number of anilines is 1. The molecule has 3 aromatic rings. The molecule has 1 aliphatic rings.